The Morgan fingerprint density at radius 3 is 2.35 bits per heavy atom. The van der Waals surface area contributed by atoms with E-state index in [2.05, 4.69) is 0 Å². The van der Waals surface area contributed by atoms with E-state index in [1.54, 1.807) is 24.3 Å². The quantitative estimate of drug-likeness (QED) is 0.541. The molecule has 2 heterocycles. The molecular weight excluding hydrogens is 458 g/mol. The number of methoxy groups -OCH3 is 1. The summed E-state index contributed by atoms with van der Waals surface area (Å²) in [5.41, 5.74) is -3.11. The summed E-state index contributed by atoms with van der Waals surface area (Å²) in [5, 5.41) is 0. The Morgan fingerprint density at radius 2 is 1.76 bits per heavy atom. The lowest BCUT2D eigenvalue weighted by atomic mass is 10.2. The summed E-state index contributed by atoms with van der Waals surface area (Å²) in [6.45, 7) is 1.21. The van der Waals surface area contributed by atoms with Crippen molar-refractivity contribution in [3.05, 3.63) is 62.9 Å². The van der Waals surface area contributed by atoms with E-state index in [0.29, 0.717) is 11.3 Å². The van der Waals surface area contributed by atoms with E-state index in [0.717, 1.165) is 35.2 Å². The smallest absolute Gasteiger partial charge is 0.333 e. The highest BCUT2D eigenvalue weighted by Gasteiger charge is 2.91. The van der Waals surface area contributed by atoms with Crippen molar-refractivity contribution in [1.29, 1.82) is 0 Å². The van der Waals surface area contributed by atoms with Gasteiger partial charge in [-0.1, -0.05) is 12.1 Å². The van der Waals surface area contributed by atoms with Crippen LogP contribution in [0.4, 0.5) is 8.78 Å². The Balaban J connectivity index is 1.70. The highest BCUT2D eigenvalue weighted by molar-refractivity contribution is 5.67. The van der Waals surface area contributed by atoms with Crippen molar-refractivity contribution in [2.75, 3.05) is 13.7 Å². The fourth-order valence-electron chi connectivity index (χ4n) is 4.28. The number of alkyl halides is 2. The van der Waals surface area contributed by atoms with Gasteiger partial charge in [0.1, 0.15) is 18.3 Å². The van der Waals surface area contributed by atoms with E-state index >= 15 is 0 Å². The maximum absolute atomic E-state index is 14.7. The number of carbonyl (C=O) groups is 2. The number of ether oxygens (including phenoxy) is 4. The average molecular weight is 480 g/mol. The number of nitrogens with zero attached hydrogens (tertiary/aromatic N) is 2. The molecule has 0 radical (unpaired) electrons. The normalized spacial score (nSPS) is 26.4. The van der Waals surface area contributed by atoms with Gasteiger partial charge >= 0.3 is 17.6 Å². The third-order valence-corrected chi connectivity index (χ3v) is 5.98. The van der Waals surface area contributed by atoms with E-state index in [-0.39, 0.29) is 6.54 Å². The number of esters is 2. The van der Waals surface area contributed by atoms with Gasteiger partial charge in [-0.25, -0.2) is 13.6 Å². The molecule has 0 spiro atoms. The van der Waals surface area contributed by atoms with Gasteiger partial charge in [0.25, 0.3) is 11.5 Å². The molecular formula is C22H22F2N2O8. The molecule has 12 heteroatoms. The lowest BCUT2D eigenvalue weighted by Crippen LogP contribution is -2.45. The Hall–Kier alpha value is -3.54. The molecule has 1 aliphatic heterocycles. The molecule has 1 saturated heterocycles. The number of aromatic nitrogens is 2. The Bertz CT molecular complexity index is 1240. The fraction of sp³-hybridized carbons (Fsp3) is 0.455. The maximum Gasteiger partial charge on any atom is 0.333 e. The van der Waals surface area contributed by atoms with Gasteiger partial charge < -0.3 is 18.9 Å². The first-order chi connectivity index (χ1) is 16.0. The SMILES string of the molecule is COc1ccc(Cn2c(=O)ccn([C@@H]3O[C@]4(COC(C)=O)[C@H]([C@H]3OC(C)=O)C4(F)F)c2=O)cc1. The first-order valence-electron chi connectivity index (χ1n) is 10.3. The molecule has 2 aromatic rings. The number of hydrogen-bond donors (Lipinski definition) is 0. The minimum Gasteiger partial charge on any atom is -0.497 e. The third-order valence-electron chi connectivity index (χ3n) is 5.98. The van der Waals surface area contributed by atoms with Gasteiger partial charge in [0.15, 0.2) is 17.9 Å². The van der Waals surface area contributed by atoms with Crippen LogP contribution >= 0.6 is 0 Å². The van der Waals surface area contributed by atoms with Crippen LogP contribution in [0.5, 0.6) is 5.75 Å². The first-order valence-corrected chi connectivity index (χ1v) is 10.3. The molecule has 4 atom stereocenters. The average Bonchev–Trinajstić information content (AvgIpc) is 3.06. The van der Waals surface area contributed by atoms with Crippen LogP contribution in [0.3, 0.4) is 0 Å². The molecule has 1 aliphatic carbocycles. The summed E-state index contributed by atoms with van der Waals surface area (Å²) in [6, 6.07) is 7.74. The summed E-state index contributed by atoms with van der Waals surface area (Å²) in [7, 11) is 1.50. The van der Waals surface area contributed by atoms with E-state index in [1.165, 1.54) is 7.11 Å². The highest BCUT2D eigenvalue weighted by Crippen LogP contribution is 2.70. The van der Waals surface area contributed by atoms with Crippen LogP contribution < -0.4 is 16.0 Å². The number of hydrogen-bond acceptors (Lipinski definition) is 8. The molecule has 0 amide bonds. The van der Waals surface area contributed by atoms with Gasteiger partial charge in [-0.05, 0) is 17.7 Å². The second kappa shape index (κ2) is 8.35. The van der Waals surface area contributed by atoms with Crippen molar-refractivity contribution < 1.29 is 37.3 Å². The zero-order chi connectivity index (χ0) is 24.8. The van der Waals surface area contributed by atoms with E-state index < -0.39 is 59.6 Å². The van der Waals surface area contributed by atoms with Gasteiger partial charge in [-0.15, -0.1) is 0 Å². The molecule has 1 aromatic carbocycles. The molecule has 4 rings (SSSR count). The van der Waals surface area contributed by atoms with Gasteiger partial charge in [0.05, 0.1) is 13.7 Å². The first kappa shape index (κ1) is 23.6. The number of rotatable bonds is 7. The van der Waals surface area contributed by atoms with Crippen molar-refractivity contribution in [3.8, 4) is 5.75 Å². The monoisotopic (exact) mass is 480 g/mol. The number of halogens is 2. The number of benzene rings is 1. The molecule has 0 N–H and O–H groups in total. The van der Waals surface area contributed by atoms with Crippen LogP contribution in [0.25, 0.3) is 0 Å². The van der Waals surface area contributed by atoms with Gasteiger partial charge in [0.2, 0.25) is 0 Å². The van der Waals surface area contributed by atoms with Gasteiger partial charge in [-0.2, -0.15) is 0 Å². The zero-order valence-corrected chi connectivity index (χ0v) is 18.5. The van der Waals surface area contributed by atoms with Crippen molar-refractivity contribution in [2.45, 2.75) is 44.2 Å². The Morgan fingerprint density at radius 1 is 1.09 bits per heavy atom. The third kappa shape index (κ3) is 3.77. The summed E-state index contributed by atoms with van der Waals surface area (Å²) < 4.78 is 51.7. The highest BCUT2D eigenvalue weighted by atomic mass is 19.3. The van der Waals surface area contributed by atoms with Crippen LogP contribution in [0.1, 0.15) is 25.6 Å². The lowest BCUT2D eigenvalue weighted by Gasteiger charge is -2.27. The van der Waals surface area contributed by atoms with E-state index in [9.17, 15) is 28.0 Å². The molecule has 2 aliphatic rings. The molecule has 0 unspecified atom stereocenters. The van der Waals surface area contributed by atoms with Crippen molar-refractivity contribution >= 4 is 11.9 Å². The Kier molecular flexibility index (Phi) is 5.80. The molecule has 1 aromatic heterocycles. The summed E-state index contributed by atoms with van der Waals surface area (Å²) >= 11 is 0. The van der Waals surface area contributed by atoms with Crippen LogP contribution in [-0.4, -0.2) is 52.4 Å². The largest absolute Gasteiger partial charge is 0.497 e. The van der Waals surface area contributed by atoms with Crippen LogP contribution in [0, 0.1) is 5.92 Å². The fourth-order valence-corrected chi connectivity index (χ4v) is 4.28. The maximum atomic E-state index is 14.7. The van der Waals surface area contributed by atoms with Crippen molar-refractivity contribution in [3.63, 3.8) is 0 Å². The molecule has 0 bridgehead atoms. The van der Waals surface area contributed by atoms with Gasteiger partial charge in [0, 0.05) is 26.1 Å². The number of carbonyl (C=O) groups excluding carboxylic acids is 2. The van der Waals surface area contributed by atoms with Crippen LogP contribution in [-0.2, 0) is 30.3 Å². The van der Waals surface area contributed by atoms with Crippen molar-refractivity contribution in [2.24, 2.45) is 5.92 Å². The minimum absolute atomic E-state index is 0.106. The van der Waals surface area contributed by atoms with Crippen molar-refractivity contribution in [1.82, 2.24) is 9.13 Å². The molecule has 34 heavy (non-hydrogen) atoms. The Labute approximate surface area is 191 Å². The minimum atomic E-state index is -3.46. The predicted octanol–water partition coefficient (Wildman–Crippen LogP) is 1.09. The molecule has 10 nitrogen and oxygen atoms in total. The van der Waals surface area contributed by atoms with Crippen LogP contribution in [0.15, 0.2) is 46.1 Å². The summed E-state index contributed by atoms with van der Waals surface area (Å²) in [4.78, 5) is 48.5. The van der Waals surface area contributed by atoms with E-state index in [4.69, 9.17) is 18.9 Å². The summed E-state index contributed by atoms with van der Waals surface area (Å²) in [6.07, 6.45) is -1.91. The zero-order valence-electron chi connectivity index (χ0n) is 18.5. The lowest BCUT2D eigenvalue weighted by molar-refractivity contribution is -0.184. The van der Waals surface area contributed by atoms with E-state index in [1.807, 2.05) is 0 Å². The second-order valence-electron chi connectivity index (χ2n) is 8.13. The predicted molar refractivity (Wildman–Crippen MR) is 111 cm³/mol. The van der Waals surface area contributed by atoms with Crippen LogP contribution in [0.2, 0.25) is 0 Å². The standard InChI is InChI=1S/C22H22F2N2O8/c1-12(27)32-11-21-18(22(21,23)24)17(33-13(2)28)19(34-21)25-9-8-16(29)26(20(25)30)10-14-4-6-15(31-3)7-5-14/h4-9,17-19H,10-11H2,1-3H3/t17-,18+,19-,21-/m1/s1. The van der Waals surface area contributed by atoms with Gasteiger partial charge in [-0.3, -0.25) is 23.5 Å². The number of fused-ring (bicyclic) bond motifs is 1. The molecule has 1 saturated carbocycles. The second-order valence-corrected chi connectivity index (χ2v) is 8.13. The topological polar surface area (TPSA) is 115 Å². The molecule has 2 fully saturated rings. The molecule has 182 valence electrons. The summed E-state index contributed by atoms with van der Waals surface area (Å²) in [5.74, 6) is -6.16.